The van der Waals surface area contributed by atoms with Crippen molar-refractivity contribution in [1.29, 1.82) is 0 Å². The summed E-state index contributed by atoms with van der Waals surface area (Å²) >= 11 is 8.86. The van der Waals surface area contributed by atoms with Crippen molar-refractivity contribution < 1.29 is 18.3 Å². The van der Waals surface area contributed by atoms with Crippen LogP contribution in [0.2, 0.25) is 5.02 Å². The van der Waals surface area contributed by atoms with Gasteiger partial charge in [-0.15, -0.1) is 0 Å². The predicted molar refractivity (Wildman–Crippen MR) is 71.2 cm³/mol. The number of hydrogen-bond donors (Lipinski definition) is 1. The van der Waals surface area contributed by atoms with E-state index in [9.17, 15) is 13.2 Å². The van der Waals surface area contributed by atoms with Crippen LogP contribution < -0.4 is 0 Å². The molecule has 1 N–H and O–H groups in total. The number of aliphatic carboxylic acids is 1. The van der Waals surface area contributed by atoms with Gasteiger partial charge in [-0.25, -0.2) is 12.7 Å². The van der Waals surface area contributed by atoms with E-state index >= 15 is 0 Å². The van der Waals surface area contributed by atoms with E-state index in [0.717, 1.165) is 4.31 Å². The summed E-state index contributed by atoms with van der Waals surface area (Å²) in [4.78, 5) is 10.5. The van der Waals surface area contributed by atoms with Crippen LogP contribution in [-0.2, 0) is 14.8 Å². The van der Waals surface area contributed by atoms with Gasteiger partial charge >= 0.3 is 5.97 Å². The minimum atomic E-state index is -3.72. The van der Waals surface area contributed by atoms with Crippen LogP contribution in [0.4, 0.5) is 0 Å². The van der Waals surface area contributed by atoms with E-state index in [1.807, 2.05) is 0 Å². The van der Waals surface area contributed by atoms with E-state index in [4.69, 9.17) is 16.7 Å². The average molecular weight is 357 g/mol. The first-order valence-corrected chi connectivity index (χ1v) is 7.49. The van der Waals surface area contributed by atoms with E-state index in [0.29, 0.717) is 9.50 Å². The first-order valence-electron chi connectivity index (χ1n) is 4.88. The van der Waals surface area contributed by atoms with Crippen molar-refractivity contribution in [3.63, 3.8) is 0 Å². The molecule has 5 nitrogen and oxygen atoms in total. The zero-order valence-electron chi connectivity index (χ0n) is 9.43. The van der Waals surface area contributed by atoms with Gasteiger partial charge in [0.2, 0.25) is 10.0 Å². The van der Waals surface area contributed by atoms with Crippen molar-refractivity contribution in [3.05, 3.63) is 27.7 Å². The van der Waals surface area contributed by atoms with Gasteiger partial charge in [0.15, 0.2) is 0 Å². The Labute approximate surface area is 119 Å². The summed E-state index contributed by atoms with van der Waals surface area (Å²) < 4.78 is 25.6. The first-order chi connectivity index (χ1) is 8.25. The van der Waals surface area contributed by atoms with Crippen LogP contribution in [0.1, 0.15) is 6.42 Å². The van der Waals surface area contributed by atoms with Crippen molar-refractivity contribution in [2.45, 2.75) is 11.3 Å². The maximum Gasteiger partial charge on any atom is 0.304 e. The molecule has 0 atom stereocenters. The van der Waals surface area contributed by atoms with Gasteiger partial charge in [-0.05, 0) is 34.1 Å². The molecule has 100 valence electrons. The molecule has 0 unspecified atom stereocenters. The number of carbonyl (C=O) groups is 1. The van der Waals surface area contributed by atoms with Crippen LogP contribution in [-0.4, -0.2) is 37.4 Å². The fourth-order valence-corrected chi connectivity index (χ4v) is 3.73. The lowest BCUT2D eigenvalue weighted by atomic mass is 10.4. The van der Waals surface area contributed by atoms with Crippen LogP contribution >= 0.6 is 27.5 Å². The molecule has 1 rings (SSSR count). The van der Waals surface area contributed by atoms with Gasteiger partial charge in [-0.2, -0.15) is 0 Å². The lowest BCUT2D eigenvalue weighted by Gasteiger charge is -2.17. The number of hydrogen-bond acceptors (Lipinski definition) is 3. The monoisotopic (exact) mass is 355 g/mol. The quantitative estimate of drug-likeness (QED) is 0.877. The summed E-state index contributed by atoms with van der Waals surface area (Å²) in [5, 5.41) is 8.95. The molecule has 0 aromatic heterocycles. The van der Waals surface area contributed by atoms with Crippen LogP contribution in [0.25, 0.3) is 0 Å². The van der Waals surface area contributed by atoms with E-state index in [-0.39, 0.29) is 17.9 Å². The Morgan fingerprint density at radius 2 is 2.11 bits per heavy atom. The standard InChI is InChI=1S/C10H11BrClNO4S/c1-13(5-4-10(14)15)18(16,17)9-3-2-7(12)6-8(9)11/h2-3,6H,4-5H2,1H3,(H,14,15). The highest BCUT2D eigenvalue weighted by Gasteiger charge is 2.23. The van der Waals surface area contributed by atoms with Crippen LogP contribution in [0.5, 0.6) is 0 Å². The number of rotatable bonds is 5. The fourth-order valence-electron chi connectivity index (χ4n) is 1.23. The van der Waals surface area contributed by atoms with Gasteiger partial charge in [0, 0.05) is 23.1 Å². The molecule has 0 heterocycles. The van der Waals surface area contributed by atoms with Gasteiger partial charge in [0.1, 0.15) is 0 Å². The highest BCUT2D eigenvalue weighted by molar-refractivity contribution is 9.10. The zero-order valence-corrected chi connectivity index (χ0v) is 12.6. The zero-order chi connectivity index (χ0) is 13.9. The number of sulfonamides is 1. The molecule has 1 aromatic rings. The van der Waals surface area contributed by atoms with E-state index in [1.54, 1.807) is 0 Å². The molecule has 0 aliphatic rings. The summed E-state index contributed by atoms with van der Waals surface area (Å²) in [6, 6.07) is 4.31. The molecule has 0 saturated heterocycles. The van der Waals surface area contributed by atoms with Gasteiger partial charge in [0.25, 0.3) is 0 Å². The summed E-state index contributed by atoms with van der Waals surface area (Å²) in [5.41, 5.74) is 0. The summed E-state index contributed by atoms with van der Waals surface area (Å²) in [6.07, 6.45) is -0.249. The normalized spacial score (nSPS) is 11.8. The minimum Gasteiger partial charge on any atom is -0.481 e. The Hall–Kier alpha value is -0.630. The third-order valence-corrected chi connectivity index (χ3v) is 5.29. The lowest BCUT2D eigenvalue weighted by molar-refractivity contribution is -0.137. The molecule has 0 aliphatic heterocycles. The highest BCUT2D eigenvalue weighted by Crippen LogP contribution is 2.27. The molecule has 0 saturated carbocycles. The van der Waals surface area contributed by atoms with Crippen LogP contribution in [0, 0.1) is 0 Å². The molecule has 0 aliphatic carbocycles. The van der Waals surface area contributed by atoms with E-state index < -0.39 is 16.0 Å². The number of carboxylic acids is 1. The van der Waals surface area contributed by atoms with Gasteiger partial charge in [-0.1, -0.05) is 11.6 Å². The SMILES string of the molecule is CN(CCC(=O)O)S(=O)(=O)c1ccc(Cl)cc1Br. The molecule has 1 aromatic carbocycles. The third-order valence-electron chi connectivity index (χ3n) is 2.22. The molecule has 0 fully saturated rings. The summed E-state index contributed by atoms with van der Waals surface area (Å²) in [5.74, 6) is -1.05. The lowest BCUT2D eigenvalue weighted by Crippen LogP contribution is -2.29. The molecular formula is C10H11BrClNO4S. The highest BCUT2D eigenvalue weighted by atomic mass is 79.9. The Kier molecular flexibility index (Phi) is 5.15. The second-order valence-corrected chi connectivity index (χ2v) is 6.85. The largest absolute Gasteiger partial charge is 0.481 e. The van der Waals surface area contributed by atoms with Crippen molar-refractivity contribution in [2.24, 2.45) is 0 Å². The van der Waals surface area contributed by atoms with Gasteiger partial charge in [0.05, 0.1) is 11.3 Å². The Balaban J connectivity index is 3.02. The Morgan fingerprint density at radius 3 is 2.61 bits per heavy atom. The maximum atomic E-state index is 12.1. The summed E-state index contributed by atoms with van der Waals surface area (Å²) in [6.45, 7) is -0.0905. The Bertz CT molecular complexity index is 561. The van der Waals surface area contributed by atoms with E-state index in [1.165, 1.54) is 25.2 Å². The minimum absolute atomic E-state index is 0.0554. The number of nitrogens with zero attached hydrogens (tertiary/aromatic N) is 1. The van der Waals surface area contributed by atoms with Gasteiger partial charge in [-0.3, -0.25) is 4.79 Å². The predicted octanol–water partition coefficient (Wildman–Crippen LogP) is 2.20. The molecule has 18 heavy (non-hydrogen) atoms. The third kappa shape index (κ3) is 3.68. The fraction of sp³-hybridized carbons (Fsp3) is 0.300. The molecule has 0 spiro atoms. The van der Waals surface area contributed by atoms with Crippen molar-refractivity contribution in [1.82, 2.24) is 4.31 Å². The van der Waals surface area contributed by atoms with Crippen molar-refractivity contribution in [2.75, 3.05) is 13.6 Å². The topological polar surface area (TPSA) is 74.7 Å². The smallest absolute Gasteiger partial charge is 0.304 e. The first kappa shape index (κ1) is 15.4. The molecule has 0 radical (unpaired) electrons. The molecular weight excluding hydrogens is 346 g/mol. The van der Waals surface area contributed by atoms with Crippen LogP contribution in [0.3, 0.4) is 0 Å². The second-order valence-electron chi connectivity index (χ2n) is 3.55. The Morgan fingerprint density at radius 1 is 1.50 bits per heavy atom. The van der Waals surface area contributed by atoms with Crippen LogP contribution in [0.15, 0.2) is 27.6 Å². The average Bonchev–Trinajstić information content (AvgIpc) is 2.24. The maximum absolute atomic E-state index is 12.1. The number of carboxylic acid groups (broad SMARTS) is 1. The van der Waals surface area contributed by atoms with Gasteiger partial charge < -0.3 is 5.11 Å². The molecule has 8 heteroatoms. The summed E-state index contributed by atoms with van der Waals surface area (Å²) in [7, 11) is -2.38. The van der Waals surface area contributed by atoms with Crippen molar-refractivity contribution in [3.8, 4) is 0 Å². The molecule has 0 bridgehead atoms. The van der Waals surface area contributed by atoms with Crippen molar-refractivity contribution >= 4 is 43.5 Å². The number of halogens is 2. The second kappa shape index (κ2) is 6.01. The molecule has 0 amide bonds. The van der Waals surface area contributed by atoms with E-state index in [2.05, 4.69) is 15.9 Å². The number of benzene rings is 1.